The van der Waals surface area contributed by atoms with Crippen LogP contribution in [0.4, 0.5) is 0 Å². The van der Waals surface area contributed by atoms with Crippen LogP contribution < -0.4 is 10.6 Å². The minimum atomic E-state index is -3.20. The normalized spacial score (nSPS) is 12.2. The molecule has 6 heteroatoms. The molecule has 0 amide bonds. The average molecular weight is 410 g/mol. The third-order valence-electron chi connectivity index (χ3n) is 4.89. The number of aliphatic imine (C=N–C) groups is 1. The molecule has 0 aliphatic carbocycles. The molecule has 0 heterocycles. The van der Waals surface area contributed by atoms with Crippen molar-refractivity contribution in [2.45, 2.75) is 24.8 Å². The topological polar surface area (TPSA) is 70.6 Å². The van der Waals surface area contributed by atoms with Gasteiger partial charge < -0.3 is 10.6 Å². The minimum Gasteiger partial charge on any atom is -0.356 e. The highest BCUT2D eigenvalue weighted by molar-refractivity contribution is 7.90. The molecule has 2 N–H and O–H groups in total. The Kier molecular flexibility index (Phi) is 6.54. The van der Waals surface area contributed by atoms with Gasteiger partial charge in [-0.05, 0) is 46.9 Å². The highest BCUT2D eigenvalue weighted by Gasteiger charge is 2.11. The highest BCUT2D eigenvalue weighted by atomic mass is 32.2. The summed E-state index contributed by atoms with van der Waals surface area (Å²) in [5.74, 6) is 0.718. The first-order chi connectivity index (χ1) is 13.9. The molecule has 0 bridgehead atoms. The van der Waals surface area contributed by atoms with E-state index in [4.69, 9.17) is 0 Å². The van der Waals surface area contributed by atoms with Gasteiger partial charge in [0.25, 0.3) is 0 Å². The van der Waals surface area contributed by atoms with E-state index in [9.17, 15) is 8.42 Å². The Bertz CT molecular complexity index is 1130. The number of guanidine groups is 1. The fourth-order valence-corrected chi connectivity index (χ4v) is 4.43. The predicted molar refractivity (Wildman–Crippen MR) is 120 cm³/mol. The van der Waals surface area contributed by atoms with Crippen LogP contribution in [0.15, 0.2) is 70.6 Å². The van der Waals surface area contributed by atoms with Crippen molar-refractivity contribution in [3.63, 3.8) is 0 Å². The molecule has 3 aromatic rings. The molecule has 0 aliphatic heterocycles. The van der Waals surface area contributed by atoms with Gasteiger partial charge >= 0.3 is 0 Å². The Hall–Kier alpha value is -2.86. The van der Waals surface area contributed by atoms with Crippen LogP contribution in [0.25, 0.3) is 10.8 Å². The minimum absolute atomic E-state index is 0.374. The smallest absolute Gasteiger partial charge is 0.191 e. The summed E-state index contributed by atoms with van der Waals surface area (Å²) in [6, 6.07) is 20.2. The van der Waals surface area contributed by atoms with Crippen LogP contribution in [0.3, 0.4) is 0 Å². The quantitative estimate of drug-likeness (QED) is 0.483. The summed E-state index contributed by atoms with van der Waals surface area (Å²) >= 11 is 0. The van der Waals surface area contributed by atoms with Crippen LogP contribution in [0, 0.1) is 6.92 Å². The van der Waals surface area contributed by atoms with Crippen LogP contribution in [-0.2, 0) is 22.8 Å². The molecule has 0 atom stereocenters. The number of nitrogens with one attached hydrogen (secondary N) is 2. The summed E-state index contributed by atoms with van der Waals surface area (Å²) in [6.07, 6.45) is 2.12. The van der Waals surface area contributed by atoms with Gasteiger partial charge in [-0.25, -0.2) is 8.42 Å². The summed E-state index contributed by atoms with van der Waals surface area (Å²) in [5.41, 5.74) is 3.07. The van der Waals surface area contributed by atoms with Gasteiger partial charge in [-0.2, -0.15) is 0 Å². The number of fused-ring (bicyclic) bond motifs is 1. The summed E-state index contributed by atoms with van der Waals surface area (Å²) < 4.78 is 23.5. The van der Waals surface area contributed by atoms with E-state index >= 15 is 0 Å². The standard InChI is InChI=1S/C23H27N3O2S/c1-17-15-18(11-12-22(17)29(3,27)28)16-26-23(24-2)25-14-13-20-9-6-8-19-7-4-5-10-21(19)20/h4-12,15H,13-14,16H2,1-3H3,(H2,24,25,26). The number of rotatable bonds is 6. The maximum atomic E-state index is 11.7. The molecular weight excluding hydrogens is 382 g/mol. The molecule has 152 valence electrons. The third-order valence-corrected chi connectivity index (χ3v) is 6.15. The Morgan fingerprint density at radius 1 is 1.00 bits per heavy atom. The summed E-state index contributed by atoms with van der Waals surface area (Å²) in [5, 5.41) is 9.16. The SMILES string of the molecule is CN=C(NCCc1cccc2ccccc12)NCc1ccc(S(C)(=O)=O)c(C)c1. The molecule has 3 aromatic carbocycles. The number of benzene rings is 3. The van der Waals surface area contributed by atoms with Gasteiger partial charge in [0.05, 0.1) is 4.90 Å². The van der Waals surface area contributed by atoms with Gasteiger partial charge in [-0.3, -0.25) is 4.99 Å². The Morgan fingerprint density at radius 2 is 1.76 bits per heavy atom. The third kappa shape index (κ3) is 5.35. The van der Waals surface area contributed by atoms with E-state index in [1.807, 2.05) is 19.1 Å². The second-order valence-electron chi connectivity index (χ2n) is 7.11. The van der Waals surface area contributed by atoms with Crippen molar-refractivity contribution in [1.82, 2.24) is 10.6 Å². The lowest BCUT2D eigenvalue weighted by molar-refractivity contribution is 0.601. The van der Waals surface area contributed by atoms with Crippen molar-refractivity contribution >= 4 is 26.6 Å². The second kappa shape index (κ2) is 9.09. The number of hydrogen-bond donors (Lipinski definition) is 2. The highest BCUT2D eigenvalue weighted by Crippen LogP contribution is 2.19. The molecule has 0 aromatic heterocycles. The van der Waals surface area contributed by atoms with Crippen LogP contribution in [0.2, 0.25) is 0 Å². The Balaban J connectivity index is 1.57. The van der Waals surface area contributed by atoms with E-state index in [1.54, 1.807) is 13.1 Å². The summed E-state index contributed by atoms with van der Waals surface area (Å²) in [6.45, 7) is 3.15. The zero-order valence-electron chi connectivity index (χ0n) is 17.1. The number of nitrogens with zero attached hydrogens (tertiary/aromatic N) is 1. The largest absolute Gasteiger partial charge is 0.356 e. The lowest BCUT2D eigenvalue weighted by Gasteiger charge is -2.13. The van der Waals surface area contributed by atoms with E-state index in [0.29, 0.717) is 11.4 Å². The maximum absolute atomic E-state index is 11.7. The zero-order chi connectivity index (χ0) is 20.9. The van der Waals surface area contributed by atoms with Crippen molar-refractivity contribution in [3.8, 4) is 0 Å². The summed E-state index contributed by atoms with van der Waals surface area (Å²) in [7, 11) is -1.46. The number of hydrogen-bond acceptors (Lipinski definition) is 3. The molecule has 5 nitrogen and oxygen atoms in total. The molecule has 0 unspecified atom stereocenters. The van der Waals surface area contributed by atoms with Gasteiger partial charge in [0.1, 0.15) is 0 Å². The first-order valence-corrected chi connectivity index (χ1v) is 11.5. The molecule has 0 spiro atoms. The van der Waals surface area contributed by atoms with Gasteiger partial charge in [0, 0.05) is 26.4 Å². The van der Waals surface area contributed by atoms with E-state index in [0.717, 1.165) is 30.1 Å². The van der Waals surface area contributed by atoms with Crippen LogP contribution in [-0.4, -0.2) is 34.2 Å². The van der Waals surface area contributed by atoms with Gasteiger partial charge in [0.15, 0.2) is 15.8 Å². The van der Waals surface area contributed by atoms with Crippen LogP contribution in [0.1, 0.15) is 16.7 Å². The molecule has 0 aliphatic rings. The average Bonchev–Trinajstić information content (AvgIpc) is 2.69. The van der Waals surface area contributed by atoms with E-state index in [2.05, 4.69) is 58.1 Å². The van der Waals surface area contributed by atoms with Gasteiger partial charge in [-0.15, -0.1) is 0 Å². The van der Waals surface area contributed by atoms with Crippen LogP contribution in [0.5, 0.6) is 0 Å². The van der Waals surface area contributed by atoms with E-state index in [1.165, 1.54) is 22.6 Å². The fraction of sp³-hybridized carbons (Fsp3) is 0.261. The first-order valence-electron chi connectivity index (χ1n) is 9.59. The molecule has 0 radical (unpaired) electrons. The Morgan fingerprint density at radius 3 is 2.48 bits per heavy atom. The predicted octanol–water partition coefficient (Wildman–Crippen LogP) is 3.46. The van der Waals surface area contributed by atoms with Gasteiger partial charge in [-0.1, -0.05) is 54.6 Å². The lowest BCUT2D eigenvalue weighted by atomic mass is 10.0. The van der Waals surface area contributed by atoms with Crippen LogP contribution >= 0.6 is 0 Å². The number of sulfone groups is 1. The molecule has 29 heavy (non-hydrogen) atoms. The summed E-state index contributed by atoms with van der Waals surface area (Å²) in [4.78, 5) is 4.65. The molecule has 0 fully saturated rings. The lowest BCUT2D eigenvalue weighted by Crippen LogP contribution is -2.37. The maximum Gasteiger partial charge on any atom is 0.191 e. The van der Waals surface area contributed by atoms with Crippen molar-refractivity contribution in [1.29, 1.82) is 0 Å². The molecule has 3 rings (SSSR count). The Labute approximate surface area is 172 Å². The molecular formula is C23H27N3O2S. The number of aryl methyl sites for hydroxylation is 1. The van der Waals surface area contributed by atoms with Crippen molar-refractivity contribution < 1.29 is 8.42 Å². The second-order valence-corrected chi connectivity index (χ2v) is 9.10. The monoisotopic (exact) mass is 409 g/mol. The zero-order valence-corrected chi connectivity index (χ0v) is 17.9. The van der Waals surface area contributed by atoms with Crippen molar-refractivity contribution in [3.05, 3.63) is 77.4 Å². The van der Waals surface area contributed by atoms with Crippen molar-refractivity contribution in [2.24, 2.45) is 4.99 Å². The fourth-order valence-electron chi connectivity index (χ4n) is 3.47. The van der Waals surface area contributed by atoms with Crippen molar-refractivity contribution in [2.75, 3.05) is 19.8 Å². The molecule has 0 saturated carbocycles. The van der Waals surface area contributed by atoms with E-state index in [-0.39, 0.29) is 0 Å². The molecule has 0 saturated heterocycles. The first kappa shape index (κ1) is 20.9. The van der Waals surface area contributed by atoms with Gasteiger partial charge in [0.2, 0.25) is 0 Å². The van der Waals surface area contributed by atoms with E-state index < -0.39 is 9.84 Å².